The van der Waals surface area contributed by atoms with Crippen molar-refractivity contribution in [3.8, 4) is 0 Å². The lowest BCUT2D eigenvalue weighted by Gasteiger charge is -2.39. The van der Waals surface area contributed by atoms with Gasteiger partial charge in [-0.15, -0.1) is 0 Å². The lowest BCUT2D eigenvalue weighted by molar-refractivity contribution is 0.0284. The Morgan fingerprint density at radius 3 is 1.91 bits per heavy atom. The zero-order chi connectivity index (χ0) is 15.4. The average Bonchev–Trinajstić information content (AvgIpc) is 2.58. The Morgan fingerprint density at radius 2 is 1.36 bits per heavy atom. The fourth-order valence-electron chi connectivity index (χ4n) is 3.38. The molecular formula is C20H25NO. The molecule has 1 aliphatic heterocycles. The van der Waals surface area contributed by atoms with Crippen LogP contribution in [-0.4, -0.2) is 23.1 Å². The van der Waals surface area contributed by atoms with E-state index in [1.165, 1.54) is 18.4 Å². The first-order valence-electron chi connectivity index (χ1n) is 8.27. The summed E-state index contributed by atoms with van der Waals surface area (Å²) in [6, 6.07) is 20.5. The third-order valence-corrected chi connectivity index (χ3v) is 4.79. The average molecular weight is 295 g/mol. The van der Waals surface area contributed by atoms with E-state index in [4.69, 9.17) is 0 Å². The number of aliphatic hydroxyl groups excluding tert-OH is 1. The van der Waals surface area contributed by atoms with E-state index in [2.05, 4.69) is 36.1 Å². The molecule has 2 aromatic carbocycles. The van der Waals surface area contributed by atoms with E-state index in [1.807, 2.05) is 36.4 Å². The van der Waals surface area contributed by atoms with Crippen molar-refractivity contribution in [1.82, 2.24) is 4.90 Å². The van der Waals surface area contributed by atoms with Crippen molar-refractivity contribution in [1.29, 1.82) is 0 Å². The molecular weight excluding hydrogens is 270 g/mol. The van der Waals surface area contributed by atoms with Crippen molar-refractivity contribution >= 4 is 0 Å². The van der Waals surface area contributed by atoms with Gasteiger partial charge in [-0.25, -0.2) is 0 Å². The summed E-state index contributed by atoms with van der Waals surface area (Å²) in [5.41, 5.74) is 2.20. The Balaban J connectivity index is 1.89. The Kier molecular flexibility index (Phi) is 4.91. The maximum absolute atomic E-state index is 11.0. The molecule has 1 aliphatic rings. The van der Waals surface area contributed by atoms with Gasteiger partial charge in [-0.1, -0.05) is 67.6 Å². The molecule has 2 atom stereocenters. The van der Waals surface area contributed by atoms with Crippen LogP contribution in [0.15, 0.2) is 60.7 Å². The second kappa shape index (κ2) is 7.08. The minimum atomic E-state index is -0.489. The zero-order valence-corrected chi connectivity index (χ0v) is 13.2. The van der Waals surface area contributed by atoms with Gasteiger partial charge in [0.15, 0.2) is 0 Å². The molecule has 3 rings (SSSR count). The first-order chi connectivity index (χ1) is 10.8. The van der Waals surface area contributed by atoms with Gasteiger partial charge in [-0.2, -0.15) is 0 Å². The number of hydrogen-bond acceptors (Lipinski definition) is 2. The normalized spacial score (nSPS) is 19.7. The van der Waals surface area contributed by atoms with Gasteiger partial charge in [0.25, 0.3) is 0 Å². The number of rotatable bonds is 4. The van der Waals surface area contributed by atoms with E-state index >= 15 is 0 Å². The van der Waals surface area contributed by atoms with Gasteiger partial charge >= 0.3 is 0 Å². The van der Waals surface area contributed by atoms with Crippen LogP contribution in [-0.2, 0) is 0 Å². The Morgan fingerprint density at radius 1 is 0.864 bits per heavy atom. The Bertz CT molecular complexity index is 561. The van der Waals surface area contributed by atoms with Crippen molar-refractivity contribution in [2.75, 3.05) is 13.1 Å². The van der Waals surface area contributed by atoms with Crippen LogP contribution in [0.1, 0.15) is 43.0 Å². The second-order valence-corrected chi connectivity index (χ2v) is 6.43. The highest BCUT2D eigenvalue weighted by molar-refractivity contribution is 5.26. The minimum Gasteiger partial charge on any atom is -0.386 e. The standard InChI is InChI=1S/C20H25NO/c1-16-12-14-21(15-13-16)19(17-8-4-2-5-9-17)20(22)18-10-6-3-7-11-18/h2-11,16,19-20,22H,12-15H2,1H3/t19-,20+/m1/s1. The summed E-state index contributed by atoms with van der Waals surface area (Å²) >= 11 is 0. The lowest BCUT2D eigenvalue weighted by Crippen LogP contribution is -2.38. The van der Waals surface area contributed by atoms with Crippen LogP contribution in [0, 0.1) is 5.92 Å². The largest absolute Gasteiger partial charge is 0.386 e. The molecule has 22 heavy (non-hydrogen) atoms. The van der Waals surface area contributed by atoms with E-state index in [9.17, 15) is 5.11 Å². The number of piperidine rings is 1. The first-order valence-corrected chi connectivity index (χ1v) is 8.27. The van der Waals surface area contributed by atoms with Crippen LogP contribution < -0.4 is 0 Å². The topological polar surface area (TPSA) is 23.5 Å². The summed E-state index contributed by atoms with van der Waals surface area (Å²) in [6.45, 7) is 4.44. The maximum Gasteiger partial charge on any atom is 0.0986 e. The molecule has 0 spiro atoms. The Hall–Kier alpha value is -1.64. The molecule has 0 saturated carbocycles. The number of aliphatic hydroxyl groups is 1. The smallest absolute Gasteiger partial charge is 0.0986 e. The van der Waals surface area contributed by atoms with Crippen LogP contribution in [0.3, 0.4) is 0 Å². The molecule has 0 aromatic heterocycles. The van der Waals surface area contributed by atoms with Gasteiger partial charge in [0.2, 0.25) is 0 Å². The molecule has 0 radical (unpaired) electrons. The number of nitrogens with zero attached hydrogens (tertiary/aromatic N) is 1. The SMILES string of the molecule is CC1CCN([C@H](c2ccccc2)[C@@H](O)c2ccccc2)CC1. The predicted molar refractivity (Wildman–Crippen MR) is 90.6 cm³/mol. The van der Waals surface area contributed by atoms with Gasteiger partial charge in [-0.05, 0) is 43.0 Å². The first kappa shape index (κ1) is 15.3. The molecule has 0 aliphatic carbocycles. The molecule has 1 heterocycles. The van der Waals surface area contributed by atoms with E-state index in [-0.39, 0.29) is 6.04 Å². The molecule has 2 aromatic rings. The van der Waals surface area contributed by atoms with Crippen molar-refractivity contribution in [3.63, 3.8) is 0 Å². The molecule has 1 fully saturated rings. The van der Waals surface area contributed by atoms with Gasteiger partial charge in [0, 0.05) is 0 Å². The number of hydrogen-bond donors (Lipinski definition) is 1. The second-order valence-electron chi connectivity index (χ2n) is 6.43. The van der Waals surface area contributed by atoms with Crippen LogP contribution in [0.4, 0.5) is 0 Å². The van der Waals surface area contributed by atoms with Gasteiger partial charge in [0.1, 0.15) is 0 Å². The zero-order valence-electron chi connectivity index (χ0n) is 13.2. The van der Waals surface area contributed by atoms with Crippen molar-refractivity contribution < 1.29 is 5.11 Å². The molecule has 0 amide bonds. The summed E-state index contributed by atoms with van der Waals surface area (Å²) in [5, 5.41) is 11.0. The summed E-state index contributed by atoms with van der Waals surface area (Å²) in [7, 11) is 0. The van der Waals surface area contributed by atoms with Crippen molar-refractivity contribution in [2.24, 2.45) is 5.92 Å². The van der Waals surface area contributed by atoms with E-state index in [1.54, 1.807) is 0 Å². The third kappa shape index (κ3) is 3.40. The monoisotopic (exact) mass is 295 g/mol. The molecule has 0 unspecified atom stereocenters. The van der Waals surface area contributed by atoms with Gasteiger partial charge < -0.3 is 5.11 Å². The summed E-state index contributed by atoms with van der Waals surface area (Å²) < 4.78 is 0. The van der Waals surface area contributed by atoms with Crippen LogP contribution in [0.5, 0.6) is 0 Å². The summed E-state index contributed by atoms with van der Waals surface area (Å²) in [4.78, 5) is 2.45. The van der Waals surface area contributed by atoms with E-state index < -0.39 is 6.10 Å². The lowest BCUT2D eigenvalue weighted by atomic mass is 9.91. The summed E-state index contributed by atoms with van der Waals surface area (Å²) in [6.07, 6.45) is 1.94. The van der Waals surface area contributed by atoms with E-state index in [0.29, 0.717) is 0 Å². The fraction of sp³-hybridized carbons (Fsp3) is 0.400. The highest BCUT2D eigenvalue weighted by Gasteiger charge is 2.30. The Labute approximate surface area is 133 Å². The van der Waals surface area contributed by atoms with E-state index in [0.717, 1.165) is 24.6 Å². The fourth-order valence-corrected chi connectivity index (χ4v) is 3.38. The molecule has 2 nitrogen and oxygen atoms in total. The molecule has 116 valence electrons. The maximum atomic E-state index is 11.0. The van der Waals surface area contributed by atoms with Crippen molar-refractivity contribution in [3.05, 3.63) is 71.8 Å². The summed E-state index contributed by atoms with van der Waals surface area (Å²) in [5.74, 6) is 0.793. The third-order valence-electron chi connectivity index (χ3n) is 4.79. The minimum absolute atomic E-state index is 0.0381. The predicted octanol–water partition coefficient (Wildman–Crippen LogP) is 4.19. The highest BCUT2D eigenvalue weighted by Crippen LogP contribution is 2.36. The van der Waals surface area contributed by atoms with Crippen LogP contribution >= 0.6 is 0 Å². The van der Waals surface area contributed by atoms with Gasteiger partial charge in [-0.3, -0.25) is 4.90 Å². The highest BCUT2D eigenvalue weighted by atomic mass is 16.3. The number of likely N-dealkylation sites (tertiary alicyclic amines) is 1. The van der Waals surface area contributed by atoms with Gasteiger partial charge in [0.05, 0.1) is 12.1 Å². The quantitative estimate of drug-likeness (QED) is 0.914. The van der Waals surface area contributed by atoms with Crippen LogP contribution in [0.25, 0.3) is 0 Å². The number of benzene rings is 2. The van der Waals surface area contributed by atoms with Crippen molar-refractivity contribution in [2.45, 2.75) is 31.9 Å². The van der Waals surface area contributed by atoms with Crippen LogP contribution in [0.2, 0.25) is 0 Å². The molecule has 2 heteroatoms. The molecule has 0 bridgehead atoms. The molecule has 1 N–H and O–H groups in total. The molecule has 1 saturated heterocycles.